The highest BCUT2D eigenvalue weighted by atomic mass is 16.2. The first-order chi connectivity index (χ1) is 7.25. The van der Waals surface area contributed by atoms with Gasteiger partial charge in [0.15, 0.2) is 0 Å². The number of aromatic nitrogens is 4. The van der Waals surface area contributed by atoms with Gasteiger partial charge in [-0.2, -0.15) is 5.21 Å². The van der Waals surface area contributed by atoms with Crippen LogP contribution in [0.4, 0.5) is 5.69 Å². The molecule has 0 aliphatic carbocycles. The molecule has 2 rings (SSSR count). The highest BCUT2D eigenvalue weighted by Crippen LogP contribution is 2.08. The number of aryl methyl sites for hydroxylation is 1. The second kappa shape index (κ2) is 3.87. The third-order valence-electron chi connectivity index (χ3n) is 1.86. The molecule has 0 unspecified atom stereocenters. The first-order valence-corrected chi connectivity index (χ1v) is 4.37. The van der Waals surface area contributed by atoms with E-state index in [-0.39, 0.29) is 11.7 Å². The predicted molar refractivity (Wildman–Crippen MR) is 53.3 cm³/mol. The molecule has 1 heterocycles. The standard InChI is InChI=1S/C9H9N5O/c1-6-2-4-7(5-3-6)10-9(15)8-11-13-14-12-8/h2-5H,1H3,(H,10,15)(H,11,12,13,14). The van der Waals surface area contributed by atoms with Crippen LogP contribution in [0.1, 0.15) is 16.2 Å². The Kier molecular flexibility index (Phi) is 2.40. The van der Waals surface area contributed by atoms with Crippen LogP contribution in [0.15, 0.2) is 24.3 Å². The van der Waals surface area contributed by atoms with Crippen molar-refractivity contribution in [3.8, 4) is 0 Å². The van der Waals surface area contributed by atoms with E-state index in [1.54, 1.807) is 0 Å². The summed E-state index contributed by atoms with van der Waals surface area (Å²) in [6, 6.07) is 7.44. The summed E-state index contributed by atoms with van der Waals surface area (Å²) in [5.41, 5.74) is 1.84. The van der Waals surface area contributed by atoms with Crippen LogP contribution in [0.2, 0.25) is 0 Å². The van der Waals surface area contributed by atoms with Crippen molar-refractivity contribution in [1.29, 1.82) is 0 Å². The summed E-state index contributed by atoms with van der Waals surface area (Å²) in [6.45, 7) is 1.98. The number of hydrogen-bond donors (Lipinski definition) is 2. The van der Waals surface area contributed by atoms with Crippen molar-refractivity contribution in [2.24, 2.45) is 0 Å². The number of carbonyl (C=O) groups is 1. The van der Waals surface area contributed by atoms with Crippen molar-refractivity contribution in [2.75, 3.05) is 5.32 Å². The lowest BCUT2D eigenvalue weighted by Crippen LogP contribution is -2.13. The Hall–Kier alpha value is -2.24. The molecule has 2 aromatic rings. The molecule has 0 spiro atoms. The molecular weight excluding hydrogens is 194 g/mol. The lowest BCUT2D eigenvalue weighted by molar-refractivity contribution is 0.101. The number of hydrogen-bond acceptors (Lipinski definition) is 4. The number of H-pyrrole nitrogens is 1. The molecule has 76 valence electrons. The molecule has 0 saturated heterocycles. The second-order valence-electron chi connectivity index (χ2n) is 3.06. The average Bonchev–Trinajstić information content (AvgIpc) is 2.74. The van der Waals surface area contributed by atoms with Gasteiger partial charge in [-0.3, -0.25) is 4.79 Å². The van der Waals surface area contributed by atoms with Crippen LogP contribution in [-0.2, 0) is 0 Å². The molecular formula is C9H9N5O. The molecule has 6 heteroatoms. The Morgan fingerprint density at radius 3 is 2.67 bits per heavy atom. The lowest BCUT2D eigenvalue weighted by Gasteiger charge is -2.01. The molecule has 0 aliphatic heterocycles. The van der Waals surface area contributed by atoms with Crippen molar-refractivity contribution < 1.29 is 4.79 Å². The van der Waals surface area contributed by atoms with Gasteiger partial charge in [0.05, 0.1) is 0 Å². The SMILES string of the molecule is Cc1ccc(NC(=O)c2nn[nH]n2)cc1. The largest absolute Gasteiger partial charge is 0.319 e. The van der Waals surface area contributed by atoms with E-state index in [1.807, 2.05) is 31.2 Å². The minimum atomic E-state index is -0.382. The summed E-state index contributed by atoms with van der Waals surface area (Å²) >= 11 is 0. The van der Waals surface area contributed by atoms with Gasteiger partial charge in [0.2, 0.25) is 0 Å². The average molecular weight is 203 g/mol. The zero-order valence-electron chi connectivity index (χ0n) is 8.06. The third kappa shape index (κ3) is 2.16. The second-order valence-corrected chi connectivity index (χ2v) is 3.06. The van der Waals surface area contributed by atoms with Crippen LogP contribution >= 0.6 is 0 Å². The highest BCUT2D eigenvalue weighted by Gasteiger charge is 2.09. The number of anilines is 1. The smallest absolute Gasteiger partial charge is 0.297 e. The Labute approximate surface area is 85.7 Å². The number of tetrazole rings is 1. The molecule has 0 aliphatic rings. The van der Waals surface area contributed by atoms with E-state index in [2.05, 4.69) is 25.9 Å². The van der Waals surface area contributed by atoms with Gasteiger partial charge in [-0.05, 0) is 24.3 Å². The van der Waals surface area contributed by atoms with Crippen molar-refractivity contribution in [3.05, 3.63) is 35.7 Å². The maximum atomic E-state index is 11.5. The van der Waals surface area contributed by atoms with Gasteiger partial charge in [0.1, 0.15) is 0 Å². The number of benzene rings is 1. The van der Waals surface area contributed by atoms with E-state index < -0.39 is 0 Å². The topological polar surface area (TPSA) is 83.6 Å². The quantitative estimate of drug-likeness (QED) is 0.754. The van der Waals surface area contributed by atoms with E-state index in [0.717, 1.165) is 5.56 Å². The summed E-state index contributed by atoms with van der Waals surface area (Å²) in [7, 11) is 0. The molecule has 0 saturated carbocycles. The molecule has 0 fully saturated rings. The van der Waals surface area contributed by atoms with Crippen molar-refractivity contribution >= 4 is 11.6 Å². The molecule has 1 aromatic heterocycles. The zero-order chi connectivity index (χ0) is 10.7. The molecule has 1 amide bonds. The van der Waals surface area contributed by atoms with Crippen LogP contribution in [0.5, 0.6) is 0 Å². The molecule has 2 N–H and O–H groups in total. The number of aromatic amines is 1. The van der Waals surface area contributed by atoms with Crippen molar-refractivity contribution in [3.63, 3.8) is 0 Å². The minimum absolute atomic E-state index is 0.0237. The molecule has 1 aromatic carbocycles. The number of amides is 1. The van der Waals surface area contributed by atoms with Gasteiger partial charge >= 0.3 is 0 Å². The molecule has 0 radical (unpaired) electrons. The third-order valence-corrected chi connectivity index (χ3v) is 1.86. The van der Waals surface area contributed by atoms with Crippen LogP contribution in [0, 0.1) is 6.92 Å². The van der Waals surface area contributed by atoms with Crippen molar-refractivity contribution in [1.82, 2.24) is 20.6 Å². The molecule has 0 atom stereocenters. The molecule has 0 bridgehead atoms. The van der Waals surface area contributed by atoms with Gasteiger partial charge in [-0.25, -0.2) is 0 Å². The summed E-state index contributed by atoms with van der Waals surface area (Å²) in [4.78, 5) is 11.5. The van der Waals surface area contributed by atoms with Crippen LogP contribution in [0.3, 0.4) is 0 Å². The highest BCUT2D eigenvalue weighted by molar-refractivity contribution is 6.01. The van der Waals surface area contributed by atoms with Crippen LogP contribution in [0.25, 0.3) is 0 Å². The number of nitrogens with zero attached hydrogens (tertiary/aromatic N) is 3. The van der Waals surface area contributed by atoms with E-state index in [4.69, 9.17) is 0 Å². The lowest BCUT2D eigenvalue weighted by atomic mass is 10.2. The van der Waals surface area contributed by atoms with E-state index in [1.165, 1.54) is 0 Å². The fraction of sp³-hybridized carbons (Fsp3) is 0.111. The number of carbonyl (C=O) groups excluding carboxylic acids is 1. The summed E-state index contributed by atoms with van der Waals surface area (Å²) < 4.78 is 0. The fourth-order valence-corrected chi connectivity index (χ4v) is 1.08. The summed E-state index contributed by atoms with van der Waals surface area (Å²) in [5, 5.41) is 15.3. The maximum absolute atomic E-state index is 11.5. The van der Waals surface area contributed by atoms with Gasteiger partial charge in [0.25, 0.3) is 11.7 Å². The van der Waals surface area contributed by atoms with E-state index in [0.29, 0.717) is 5.69 Å². The summed E-state index contributed by atoms with van der Waals surface area (Å²) in [5.74, 6) is -0.358. The maximum Gasteiger partial charge on any atom is 0.297 e. The van der Waals surface area contributed by atoms with Gasteiger partial charge in [-0.15, -0.1) is 10.2 Å². The Balaban J connectivity index is 2.09. The van der Waals surface area contributed by atoms with Gasteiger partial charge < -0.3 is 5.32 Å². The number of nitrogens with one attached hydrogen (secondary N) is 2. The zero-order valence-corrected chi connectivity index (χ0v) is 8.06. The Morgan fingerprint density at radius 2 is 2.07 bits per heavy atom. The van der Waals surface area contributed by atoms with Gasteiger partial charge in [-0.1, -0.05) is 17.7 Å². The summed E-state index contributed by atoms with van der Waals surface area (Å²) in [6.07, 6.45) is 0. The molecule has 6 nitrogen and oxygen atoms in total. The van der Waals surface area contributed by atoms with E-state index >= 15 is 0 Å². The monoisotopic (exact) mass is 203 g/mol. The first kappa shape index (κ1) is 9.32. The van der Waals surface area contributed by atoms with Crippen LogP contribution in [-0.4, -0.2) is 26.5 Å². The fourth-order valence-electron chi connectivity index (χ4n) is 1.08. The van der Waals surface area contributed by atoms with Crippen molar-refractivity contribution in [2.45, 2.75) is 6.92 Å². The van der Waals surface area contributed by atoms with Gasteiger partial charge in [0, 0.05) is 5.69 Å². The normalized spacial score (nSPS) is 9.93. The number of rotatable bonds is 2. The predicted octanol–water partition coefficient (Wildman–Crippen LogP) is 0.760. The Bertz CT molecular complexity index is 448. The minimum Gasteiger partial charge on any atom is -0.319 e. The van der Waals surface area contributed by atoms with E-state index in [9.17, 15) is 4.79 Å². The van der Waals surface area contributed by atoms with Crippen LogP contribution < -0.4 is 5.32 Å². The Morgan fingerprint density at radius 1 is 1.33 bits per heavy atom. The molecule has 15 heavy (non-hydrogen) atoms. The first-order valence-electron chi connectivity index (χ1n) is 4.37.